The maximum Gasteiger partial charge on any atom is 0.256 e. The van der Waals surface area contributed by atoms with Gasteiger partial charge in [0.05, 0.1) is 46.7 Å². The van der Waals surface area contributed by atoms with Crippen molar-refractivity contribution in [3.8, 4) is 5.75 Å². The third-order valence-electron chi connectivity index (χ3n) is 5.12. The van der Waals surface area contributed by atoms with E-state index in [0.717, 1.165) is 4.41 Å². The Hall–Kier alpha value is -1.74. The highest BCUT2D eigenvalue weighted by Gasteiger charge is 2.41. The summed E-state index contributed by atoms with van der Waals surface area (Å²) in [5.74, 6) is -1.02. The Morgan fingerprint density at radius 3 is 2.26 bits per heavy atom. The highest BCUT2D eigenvalue weighted by atomic mass is 32.2. The van der Waals surface area contributed by atoms with Gasteiger partial charge in [-0.15, -0.1) is 4.41 Å². The molecule has 14 heteroatoms. The Bertz CT molecular complexity index is 1180. The summed E-state index contributed by atoms with van der Waals surface area (Å²) < 4.78 is 80.6. The number of nitrogens with one attached hydrogen (secondary N) is 2. The van der Waals surface area contributed by atoms with Crippen molar-refractivity contribution in [2.45, 2.75) is 36.7 Å². The lowest BCUT2D eigenvalue weighted by molar-refractivity contribution is -0.114. The van der Waals surface area contributed by atoms with E-state index in [2.05, 4.69) is 10.7 Å². The van der Waals surface area contributed by atoms with Gasteiger partial charge in [0, 0.05) is 13.0 Å². The molecule has 0 saturated carbocycles. The summed E-state index contributed by atoms with van der Waals surface area (Å²) in [5.41, 5.74) is 2.90. The predicted octanol–water partition coefficient (Wildman–Crippen LogP) is -0.477. The number of hydrazine groups is 1. The highest BCUT2D eigenvalue weighted by molar-refractivity contribution is 7.92. The van der Waals surface area contributed by atoms with Crippen LogP contribution in [0.4, 0.5) is 5.69 Å². The van der Waals surface area contributed by atoms with Gasteiger partial charge in [-0.25, -0.2) is 30.7 Å². The van der Waals surface area contributed by atoms with Gasteiger partial charge in [0.1, 0.15) is 5.75 Å². The predicted molar refractivity (Wildman–Crippen MR) is 114 cm³/mol. The molecular weight excluding hydrogens is 470 g/mol. The number of nitrogens with zero attached hydrogens (tertiary/aromatic N) is 1. The fourth-order valence-corrected chi connectivity index (χ4v) is 8.71. The van der Waals surface area contributed by atoms with Crippen LogP contribution in [0.3, 0.4) is 0 Å². The lowest BCUT2D eigenvalue weighted by Gasteiger charge is -2.30. The molecule has 2 fully saturated rings. The van der Waals surface area contributed by atoms with Gasteiger partial charge in [-0.1, -0.05) is 0 Å². The summed E-state index contributed by atoms with van der Waals surface area (Å²) >= 11 is 0. The first-order chi connectivity index (χ1) is 14.3. The summed E-state index contributed by atoms with van der Waals surface area (Å²) in [7, 11) is -9.63. The van der Waals surface area contributed by atoms with Crippen LogP contribution in [0.5, 0.6) is 5.75 Å². The van der Waals surface area contributed by atoms with E-state index in [1.807, 2.05) is 0 Å². The zero-order chi connectivity index (χ0) is 23.0. The van der Waals surface area contributed by atoms with E-state index >= 15 is 0 Å². The van der Waals surface area contributed by atoms with Crippen LogP contribution in [0.1, 0.15) is 19.8 Å². The molecule has 3 rings (SSSR count). The van der Waals surface area contributed by atoms with Gasteiger partial charge in [0.25, 0.3) is 10.0 Å². The van der Waals surface area contributed by atoms with Crippen LogP contribution in [-0.2, 0) is 34.5 Å². The SMILES string of the molecule is COc1ccc(S(=O)(=O)N(N[C@@H]2CCS(=O)(=O)C2)[C@H]2CCS(=O)(=O)C2)cc1NC(C)=O. The van der Waals surface area contributed by atoms with E-state index in [0.29, 0.717) is 0 Å². The number of anilines is 1. The monoisotopic (exact) mass is 495 g/mol. The zero-order valence-electron chi connectivity index (χ0n) is 17.1. The Morgan fingerprint density at radius 1 is 1.10 bits per heavy atom. The molecule has 2 atom stereocenters. The largest absolute Gasteiger partial charge is 0.495 e. The van der Waals surface area contributed by atoms with Gasteiger partial charge in [0.2, 0.25) is 5.91 Å². The third-order valence-corrected chi connectivity index (χ3v) is 10.4. The Morgan fingerprint density at radius 2 is 1.74 bits per heavy atom. The first kappa shape index (κ1) is 23.9. The number of amides is 1. The number of carbonyl (C=O) groups is 1. The summed E-state index contributed by atoms with van der Waals surface area (Å²) in [6.07, 6.45) is 0.302. The number of methoxy groups -OCH3 is 1. The minimum atomic E-state index is -4.29. The molecule has 0 aliphatic carbocycles. The number of ether oxygens (including phenoxy) is 1. The van der Waals surface area contributed by atoms with Crippen LogP contribution in [0.25, 0.3) is 0 Å². The fraction of sp³-hybridized carbons (Fsp3) is 0.588. The molecule has 2 aliphatic rings. The molecule has 0 radical (unpaired) electrons. The van der Waals surface area contributed by atoms with Gasteiger partial charge in [-0.2, -0.15) is 0 Å². The van der Waals surface area contributed by atoms with Crippen molar-refractivity contribution in [1.29, 1.82) is 0 Å². The fourth-order valence-electron chi connectivity index (χ4n) is 3.66. The van der Waals surface area contributed by atoms with Crippen molar-refractivity contribution in [3.63, 3.8) is 0 Å². The molecule has 0 unspecified atom stereocenters. The first-order valence-corrected chi connectivity index (χ1v) is 14.6. The second-order valence-corrected chi connectivity index (χ2v) is 13.9. The average Bonchev–Trinajstić information content (AvgIpc) is 3.19. The molecule has 0 bridgehead atoms. The molecule has 0 aromatic heterocycles. The van der Waals surface area contributed by atoms with Gasteiger partial charge in [-0.3, -0.25) is 4.79 Å². The van der Waals surface area contributed by atoms with Crippen LogP contribution >= 0.6 is 0 Å². The van der Waals surface area contributed by atoms with Crippen LogP contribution in [0, 0.1) is 0 Å². The Labute approximate surface area is 182 Å². The zero-order valence-corrected chi connectivity index (χ0v) is 19.5. The van der Waals surface area contributed by atoms with Crippen LogP contribution in [0.2, 0.25) is 0 Å². The Kier molecular flexibility index (Phi) is 6.68. The second kappa shape index (κ2) is 8.65. The maximum atomic E-state index is 13.5. The molecular formula is C17H25N3O8S3. The van der Waals surface area contributed by atoms with E-state index in [1.54, 1.807) is 0 Å². The second-order valence-electron chi connectivity index (χ2n) is 7.63. The van der Waals surface area contributed by atoms with Crippen molar-refractivity contribution in [2.75, 3.05) is 35.4 Å². The lowest BCUT2D eigenvalue weighted by Crippen LogP contribution is -2.54. The number of benzene rings is 1. The maximum absolute atomic E-state index is 13.5. The molecule has 174 valence electrons. The molecule has 0 spiro atoms. The molecule has 1 amide bonds. The van der Waals surface area contributed by atoms with Crippen molar-refractivity contribution < 1.29 is 34.8 Å². The van der Waals surface area contributed by atoms with E-state index in [1.165, 1.54) is 32.2 Å². The van der Waals surface area contributed by atoms with Gasteiger partial charge >= 0.3 is 0 Å². The molecule has 1 aromatic carbocycles. The summed E-state index contributed by atoms with van der Waals surface area (Å²) in [6, 6.07) is 2.34. The number of rotatable bonds is 7. The molecule has 2 N–H and O–H groups in total. The average molecular weight is 496 g/mol. The normalized spacial score (nSPS) is 24.9. The molecule has 31 heavy (non-hydrogen) atoms. The van der Waals surface area contributed by atoms with Crippen LogP contribution in [-0.4, -0.2) is 77.8 Å². The number of carbonyl (C=O) groups excluding carboxylic acids is 1. The number of sulfonamides is 1. The lowest BCUT2D eigenvalue weighted by atomic mass is 10.2. The smallest absolute Gasteiger partial charge is 0.256 e. The van der Waals surface area contributed by atoms with Crippen molar-refractivity contribution in [2.24, 2.45) is 0 Å². The van der Waals surface area contributed by atoms with E-state index < -0.39 is 47.7 Å². The summed E-state index contributed by atoms with van der Waals surface area (Å²) in [4.78, 5) is 11.3. The molecule has 2 aliphatic heterocycles. The molecule has 2 heterocycles. The number of sulfone groups is 2. The standard InChI is InChI=1S/C17H25N3O8S3/c1-12(21)18-16-9-15(3-4-17(16)28-2)31(26,27)20(14-6-8-30(24,25)11-14)19-13-5-7-29(22,23)10-13/h3-4,9,13-14,19H,5-8,10-11H2,1-2H3,(H,18,21)/t13-,14+/m1/s1. The van der Waals surface area contributed by atoms with Crippen molar-refractivity contribution >= 4 is 41.3 Å². The van der Waals surface area contributed by atoms with Crippen LogP contribution in [0.15, 0.2) is 23.1 Å². The van der Waals surface area contributed by atoms with Crippen molar-refractivity contribution in [1.82, 2.24) is 9.84 Å². The van der Waals surface area contributed by atoms with Gasteiger partial charge < -0.3 is 10.1 Å². The number of hydrogen-bond acceptors (Lipinski definition) is 9. The topological polar surface area (TPSA) is 156 Å². The minimum Gasteiger partial charge on any atom is -0.495 e. The summed E-state index contributed by atoms with van der Waals surface area (Å²) in [5, 5.41) is 2.50. The van der Waals surface area contributed by atoms with E-state index in [9.17, 15) is 30.0 Å². The Balaban J connectivity index is 2.00. The molecule has 2 saturated heterocycles. The molecule has 11 nitrogen and oxygen atoms in total. The van der Waals surface area contributed by atoms with E-state index in [-0.39, 0.29) is 52.2 Å². The van der Waals surface area contributed by atoms with Gasteiger partial charge in [-0.05, 0) is 31.0 Å². The number of hydrogen-bond donors (Lipinski definition) is 2. The molecule has 1 aromatic rings. The minimum absolute atomic E-state index is 0.0727. The third kappa shape index (κ3) is 5.55. The van der Waals surface area contributed by atoms with Crippen molar-refractivity contribution in [3.05, 3.63) is 18.2 Å². The quantitative estimate of drug-likeness (QED) is 0.477. The highest BCUT2D eigenvalue weighted by Crippen LogP contribution is 2.31. The van der Waals surface area contributed by atoms with Crippen LogP contribution < -0.4 is 15.5 Å². The van der Waals surface area contributed by atoms with Gasteiger partial charge in [0.15, 0.2) is 19.7 Å². The summed E-state index contributed by atoms with van der Waals surface area (Å²) in [6.45, 7) is 1.26. The first-order valence-electron chi connectivity index (χ1n) is 9.50. The van der Waals surface area contributed by atoms with E-state index in [4.69, 9.17) is 4.74 Å².